The number of nitrogens with one attached hydrogen (secondary N) is 6. The summed E-state index contributed by atoms with van der Waals surface area (Å²) in [6, 6.07) is 5.41. The smallest absolute Gasteiger partial charge is 0.312 e. The molecule has 580 valence electrons. The van der Waals surface area contributed by atoms with E-state index in [-0.39, 0.29) is 113 Å². The molecule has 5 aliphatic heterocycles. The summed E-state index contributed by atoms with van der Waals surface area (Å²) in [5.41, 5.74) is 7.24. The lowest BCUT2D eigenvalue weighted by molar-refractivity contribution is -0.928. The third-order valence-corrected chi connectivity index (χ3v) is 21.7. The highest BCUT2D eigenvalue weighted by Gasteiger charge is 2.57. The number of unbranched alkanes of at least 4 members (excludes halogenated alkanes) is 2. The topological polar surface area (TPSA) is 402 Å². The third kappa shape index (κ3) is 18.4. The number of methoxy groups -OCH3 is 1. The largest absolute Gasteiger partial charge is 0.507 e. The number of aromatic hydroxyl groups is 2. The Hall–Kier alpha value is -9.84. The summed E-state index contributed by atoms with van der Waals surface area (Å²) in [5.74, 6) is -10.9. The van der Waals surface area contributed by atoms with Crippen LogP contribution in [0, 0.1) is 36.5 Å². The van der Waals surface area contributed by atoms with Crippen LogP contribution < -0.4 is 52.0 Å². The molecule has 3 aromatic carbocycles. The summed E-state index contributed by atoms with van der Waals surface area (Å²) in [6.07, 6.45) is 7.97. The number of ether oxygens (including phenoxy) is 5. The lowest BCUT2D eigenvalue weighted by atomic mass is 9.75. The van der Waals surface area contributed by atoms with E-state index in [4.69, 9.17) is 29.4 Å². The Morgan fingerprint density at radius 3 is 2.16 bits per heavy atom. The maximum atomic E-state index is 15.3. The quantitative estimate of drug-likeness (QED) is 0.0173. The van der Waals surface area contributed by atoms with Crippen molar-refractivity contribution in [1.29, 1.82) is 0 Å². The van der Waals surface area contributed by atoms with Gasteiger partial charge in [0.2, 0.25) is 23.6 Å². The number of aliphatic hydroxyl groups is 2. The number of hydrogen-bond donors (Lipinski definition) is 11. The molecule has 1 saturated heterocycles. The lowest BCUT2D eigenvalue weighted by Gasteiger charge is -2.45. The predicted octanol–water partition coefficient (Wildman–Crippen LogP) is 6.30. The van der Waals surface area contributed by atoms with Crippen molar-refractivity contribution < 1.29 is 96.5 Å². The number of ketones is 2. The van der Waals surface area contributed by atoms with Crippen LogP contribution in [0.4, 0.5) is 21.9 Å². The number of hydrogen-bond acceptors (Lipinski definition) is 21. The first-order chi connectivity index (χ1) is 50.5. The monoisotopic (exact) mass is 1490 g/mol. The summed E-state index contributed by atoms with van der Waals surface area (Å²) >= 11 is 0. The molecule has 6 aliphatic rings. The number of imide groups is 1. The van der Waals surface area contributed by atoms with Crippen LogP contribution in [0.1, 0.15) is 157 Å². The highest BCUT2D eigenvalue weighted by molar-refractivity contribution is 6.16. The third-order valence-electron chi connectivity index (χ3n) is 21.7. The molecule has 0 aromatic heterocycles. The van der Waals surface area contributed by atoms with Crippen LogP contribution >= 0.6 is 0 Å². The molecule has 3 unspecified atom stereocenters. The number of phenolic OH excluding ortho intramolecular Hbond substituents is 2. The molecule has 5 heterocycles. The molecule has 5 bridgehead atoms. The van der Waals surface area contributed by atoms with Gasteiger partial charge >= 0.3 is 17.8 Å². The summed E-state index contributed by atoms with van der Waals surface area (Å²) in [7, 11) is 5.72. The standard InChI is InChI=1S/C78H104N10O19/c1-40(2)62(83-56(91)22-15-14-16-33-87-57(92)27-28-58(87)93)76(101)82-52(21-18-32-80-77(79)102)75(100)81-49-25-23-48(24-26-49)39-88(11,12)51-29-34-86(35-30-51)50-37-53(90)63-55(38-50)106-72-64(84-63)59-60-68(96)46(8)71-61(59)73(98)78(10,107-71)104-36-31-54(103-13)43(5)70(105-47(9)89)45(7)67(95)44(6)66(94)41(3)19-17-20-42(4)74(99)85-65(72)69(60)97/h17,19-20,23-28,31,36-38,40-41,43-45,51-52,54,62,64-67,70,72,94-95H,14-16,18,21-22,29-30,32-35,39H2,1-13H3,(H9-,79,80,81,82,83,84,85,90,91,92,93,96,97,98,99,100,101,102)/p+1/b19-17-,36-31-,42-20-/t41-,43+,44+,45+,52-,54-,62-,64?,65?,66-,67+,70+,72?,78-/m0/s1. The minimum Gasteiger partial charge on any atom is -0.507 e. The van der Waals surface area contributed by atoms with E-state index in [9.17, 15) is 58.8 Å². The van der Waals surface area contributed by atoms with Gasteiger partial charge in [-0.25, -0.2) is 4.79 Å². The van der Waals surface area contributed by atoms with Crippen molar-refractivity contribution in [2.24, 2.45) is 35.3 Å². The molecular weight excluding hydrogens is 1380 g/mol. The van der Waals surface area contributed by atoms with Crippen LogP contribution in [-0.4, -0.2) is 197 Å². The molecule has 29 nitrogen and oxygen atoms in total. The van der Waals surface area contributed by atoms with Crippen molar-refractivity contribution in [2.45, 2.75) is 194 Å². The summed E-state index contributed by atoms with van der Waals surface area (Å²) in [6.45, 7) is 18.2. The second-order valence-corrected chi connectivity index (χ2v) is 30.2. The molecule has 12 N–H and O–H groups in total. The SMILES string of the molecule is CO[C@H]1/C=C\O[C@@]2(C)Oc3c(C)c(O)c4c(c3C2=O)C2Nc3c(O)cc(N5CCC([N+](C)(C)Cc6ccc(NC(=O)[C@H](CCCNC(N)=O)NC(=O)[C@@H](NC(=O)CCCCCN7C(=O)C=CC7=O)C(C)C)cc6)CC5)cc3OC2C(NC(=O)/C(C)=C\C=C/[C@H](C)[C@H](O)[C@@H](C)[C@@H](O)[C@@H](C)[C@H](OC(C)=O)[C@@H]1C)C4=O. The van der Waals surface area contributed by atoms with Gasteiger partial charge in [-0.05, 0) is 63.7 Å². The van der Waals surface area contributed by atoms with Gasteiger partial charge in [0.15, 0.2) is 11.9 Å². The number of carbonyl (C=O) groups is 10. The van der Waals surface area contributed by atoms with Gasteiger partial charge in [-0.1, -0.05) is 78.3 Å². The molecule has 8 amide bonds. The number of anilines is 3. The number of benzene rings is 3. The summed E-state index contributed by atoms with van der Waals surface area (Å²) in [5, 5.41) is 64.8. The molecule has 3 aromatic rings. The van der Waals surface area contributed by atoms with Crippen molar-refractivity contribution >= 4 is 76.1 Å². The number of phenols is 2. The predicted molar refractivity (Wildman–Crippen MR) is 395 cm³/mol. The van der Waals surface area contributed by atoms with Crippen molar-refractivity contribution in [3.8, 4) is 23.0 Å². The number of amides is 8. The maximum absolute atomic E-state index is 15.3. The van der Waals surface area contributed by atoms with Crippen LogP contribution in [0.2, 0.25) is 0 Å². The minimum absolute atomic E-state index is 0.0112. The zero-order chi connectivity index (χ0) is 78.3. The van der Waals surface area contributed by atoms with Gasteiger partial charge in [-0.2, -0.15) is 0 Å². The van der Waals surface area contributed by atoms with E-state index < -0.39 is 131 Å². The first-order valence-electron chi connectivity index (χ1n) is 36.7. The van der Waals surface area contributed by atoms with Gasteiger partial charge < -0.3 is 91.1 Å². The minimum atomic E-state index is -2.11. The first-order valence-corrected chi connectivity index (χ1v) is 36.7. The van der Waals surface area contributed by atoms with Crippen molar-refractivity contribution in [3.63, 3.8) is 0 Å². The molecule has 1 fully saturated rings. The second-order valence-electron chi connectivity index (χ2n) is 30.2. The van der Waals surface area contributed by atoms with Crippen molar-refractivity contribution in [1.82, 2.24) is 26.2 Å². The normalized spacial score (nSPS) is 27.0. The van der Waals surface area contributed by atoms with Crippen LogP contribution in [0.25, 0.3) is 0 Å². The molecule has 9 rings (SSSR count). The Kier molecular flexibility index (Phi) is 26.1. The molecule has 107 heavy (non-hydrogen) atoms. The average molecular weight is 1490 g/mol. The highest BCUT2D eigenvalue weighted by Crippen LogP contribution is 2.55. The zero-order valence-electron chi connectivity index (χ0n) is 63.2. The van der Waals surface area contributed by atoms with E-state index in [0.717, 1.165) is 23.3 Å². The van der Waals surface area contributed by atoms with Gasteiger partial charge in [-0.15, -0.1) is 0 Å². The Morgan fingerprint density at radius 1 is 0.832 bits per heavy atom. The summed E-state index contributed by atoms with van der Waals surface area (Å²) < 4.78 is 31.7. The number of primary amides is 1. The number of nitrogens with two attached hydrogens (primary N) is 1. The maximum Gasteiger partial charge on any atom is 0.312 e. The van der Waals surface area contributed by atoms with E-state index in [1.54, 1.807) is 78.0 Å². The number of aliphatic hydroxyl groups excluding tert-OH is 2. The van der Waals surface area contributed by atoms with Gasteiger partial charge in [-0.3, -0.25) is 48.1 Å². The molecule has 14 atom stereocenters. The number of fused-ring (bicyclic) bond motifs is 5. The number of quaternary nitrogens is 1. The van der Waals surface area contributed by atoms with Crippen molar-refractivity contribution in [3.05, 3.63) is 113 Å². The van der Waals surface area contributed by atoms with E-state index >= 15 is 9.59 Å². The highest BCUT2D eigenvalue weighted by atomic mass is 16.7. The van der Waals surface area contributed by atoms with Gasteiger partial charge in [0, 0.05) is 148 Å². The molecule has 29 heteroatoms. The van der Waals surface area contributed by atoms with Gasteiger partial charge in [0.25, 0.3) is 17.6 Å². The zero-order valence-corrected chi connectivity index (χ0v) is 63.2. The number of nitrogens with zero attached hydrogens (tertiary/aromatic N) is 3. The number of allylic oxidation sites excluding steroid dienone is 2. The Labute approximate surface area is 623 Å². The number of piperidine rings is 1. The first kappa shape index (κ1) is 81.2. The fourth-order valence-electron chi connectivity index (χ4n) is 15.2. The lowest BCUT2D eigenvalue weighted by Crippen LogP contribution is -2.59. The number of urea groups is 1. The number of carbonyl (C=O) groups excluding carboxylic acids is 10. The van der Waals surface area contributed by atoms with E-state index in [1.165, 1.54) is 65.4 Å². The molecule has 0 radical (unpaired) electrons. The van der Waals surface area contributed by atoms with E-state index in [2.05, 4.69) is 50.9 Å². The summed E-state index contributed by atoms with van der Waals surface area (Å²) in [4.78, 5) is 137. The Bertz CT molecular complexity index is 4000. The number of Topliss-reactive ketones (excluding diaryl/α,β-unsaturated/α-hetero) is 2. The Balaban J connectivity index is 0.895. The molecule has 1 aliphatic carbocycles. The number of rotatable bonds is 22. The Morgan fingerprint density at radius 2 is 1.51 bits per heavy atom. The van der Waals surface area contributed by atoms with Crippen LogP contribution in [0.15, 0.2) is 84.7 Å². The second kappa shape index (κ2) is 34.4. The van der Waals surface area contributed by atoms with Gasteiger partial charge in [0.1, 0.15) is 59.5 Å². The fourth-order valence-corrected chi connectivity index (χ4v) is 15.2. The van der Waals surface area contributed by atoms with Crippen LogP contribution in [-0.2, 0) is 54.3 Å². The van der Waals surface area contributed by atoms with E-state index in [1.807, 2.05) is 12.1 Å². The average Bonchev–Trinajstić information content (AvgIpc) is 1.66. The molecular formula is C78H105N10O19+. The molecule has 0 spiro atoms. The van der Waals surface area contributed by atoms with Gasteiger partial charge in [0.05, 0.1) is 61.9 Å². The molecule has 0 saturated carbocycles. The van der Waals surface area contributed by atoms with Crippen LogP contribution in [0.3, 0.4) is 0 Å². The van der Waals surface area contributed by atoms with E-state index in [0.29, 0.717) is 54.8 Å². The van der Waals surface area contributed by atoms with Crippen molar-refractivity contribution in [2.75, 3.05) is 62.9 Å². The fraction of sp³-hybridized carbons (Fsp3) is 0.538. The van der Waals surface area contributed by atoms with Crippen LogP contribution in [0.5, 0.6) is 23.0 Å². The number of esters is 1.